The van der Waals surface area contributed by atoms with Gasteiger partial charge in [-0.15, -0.1) is 0 Å². The van der Waals surface area contributed by atoms with Crippen LogP contribution in [0, 0.1) is 5.92 Å². The van der Waals surface area contributed by atoms with Gasteiger partial charge < -0.3 is 14.8 Å². The van der Waals surface area contributed by atoms with E-state index in [1.807, 2.05) is 6.92 Å². The van der Waals surface area contributed by atoms with Gasteiger partial charge in [0, 0.05) is 13.2 Å². The molecule has 5 nitrogen and oxygen atoms in total. The van der Waals surface area contributed by atoms with E-state index in [9.17, 15) is 9.59 Å². The third kappa shape index (κ3) is 3.51. The van der Waals surface area contributed by atoms with E-state index in [2.05, 4.69) is 10.1 Å². The van der Waals surface area contributed by atoms with Crippen LogP contribution in [0.25, 0.3) is 0 Å². The Morgan fingerprint density at radius 2 is 2.27 bits per heavy atom. The molecule has 0 spiro atoms. The van der Waals surface area contributed by atoms with Gasteiger partial charge in [-0.05, 0) is 13.3 Å². The maximum Gasteiger partial charge on any atom is 0.307 e. The Bertz CT molecular complexity index is 242. The van der Waals surface area contributed by atoms with E-state index in [0.29, 0.717) is 13.2 Å². The number of esters is 1. The molecule has 2 atom stereocenters. The predicted octanol–water partition coefficient (Wildman–Crippen LogP) is 0.0907. The molecule has 1 fully saturated rings. The molecule has 0 aromatic heterocycles. The van der Waals surface area contributed by atoms with Gasteiger partial charge in [-0.1, -0.05) is 0 Å². The van der Waals surface area contributed by atoms with Crippen molar-refractivity contribution in [3.63, 3.8) is 0 Å². The summed E-state index contributed by atoms with van der Waals surface area (Å²) >= 11 is 0. The maximum absolute atomic E-state index is 11.6. The summed E-state index contributed by atoms with van der Waals surface area (Å²) in [5.41, 5.74) is 0. The second-order valence-electron chi connectivity index (χ2n) is 3.59. The Hall–Kier alpha value is -1.10. The quantitative estimate of drug-likeness (QED) is 0.675. The second kappa shape index (κ2) is 5.70. The molecule has 0 aromatic rings. The molecular formula is C10H17NO4. The van der Waals surface area contributed by atoms with Gasteiger partial charge in [-0.3, -0.25) is 9.59 Å². The summed E-state index contributed by atoms with van der Waals surface area (Å²) in [6.45, 7) is 2.85. The maximum atomic E-state index is 11.6. The predicted molar refractivity (Wildman–Crippen MR) is 53.2 cm³/mol. The summed E-state index contributed by atoms with van der Waals surface area (Å²) in [4.78, 5) is 22.4. The zero-order chi connectivity index (χ0) is 11.3. The highest BCUT2D eigenvalue weighted by atomic mass is 16.5. The SMILES string of the molecule is COC(=O)CCNC(=O)C1CCOC1C. The van der Waals surface area contributed by atoms with Crippen LogP contribution in [0.15, 0.2) is 0 Å². The second-order valence-corrected chi connectivity index (χ2v) is 3.59. The third-order valence-electron chi connectivity index (χ3n) is 2.57. The average Bonchev–Trinajstić information content (AvgIpc) is 2.64. The lowest BCUT2D eigenvalue weighted by molar-refractivity contribution is -0.140. The number of carbonyl (C=O) groups is 2. The molecule has 0 saturated carbocycles. The molecule has 0 bridgehead atoms. The molecule has 0 aliphatic carbocycles. The largest absolute Gasteiger partial charge is 0.469 e. The Morgan fingerprint density at radius 1 is 1.53 bits per heavy atom. The minimum Gasteiger partial charge on any atom is -0.469 e. The van der Waals surface area contributed by atoms with Crippen LogP contribution in [0.2, 0.25) is 0 Å². The molecule has 2 unspecified atom stereocenters. The molecule has 1 aliphatic rings. The molecule has 1 aliphatic heterocycles. The Kier molecular flexibility index (Phi) is 4.55. The fourth-order valence-electron chi connectivity index (χ4n) is 1.60. The number of hydrogen-bond acceptors (Lipinski definition) is 4. The molecule has 1 heterocycles. The van der Waals surface area contributed by atoms with Crippen LogP contribution in [0.5, 0.6) is 0 Å². The lowest BCUT2D eigenvalue weighted by Crippen LogP contribution is -2.35. The van der Waals surface area contributed by atoms with Crippen molar-refractivity contribution in [2.24, 2.45) is 5.92 Å². The highest BCUT2D eigenvalue weighted by Gasteiger charge is 2.30. The molecule has 5 heteroatoms. The zero-order valence-corrected chi connectivity index (χ0v) is 9.12. The van der Waals surface area contributed by atoms with Gasteiger partial charge in [0.05, 0.1) is 25.6 Å². The molecule has 1 amide bonds. The summed E-state index contributed by atoms with van der Waals surface area (Å²) < 4.78 is 9.75. The molecular weight excluding hydrogens is 198 g/mol. The number of ether oxygens (including phenoxy) is 2. The van der Waals surface area contributed by atoms with E-state index >= 15 is 0 Å². The number of methoxy groups -OCH3 is 1. The van der Waals surface area contributed by atoms with Crippen molar-refractivity contribution in [3.05, 3.63) is 0 Å². The van der Waals surface area contributed by atoms with E-state index in [0.717, 1.165) is 6.42 Å². The van der Waals surface area contributed by atoms with Crippen molar-refractivity contribution in [1.82, 2.24) is 5.32 Å². The topological polar surface area (TPSA) is 64.6 Å². The van der Waals surface area contributed by atoms with Crippen molar-refractivity contribution in [2.75, 3.05) is 20.3 Å². The van der Waals surface area contributed by atoms with Gasteiger partial charge in [-0.25, -0.2) is 0 Å². The van der Waals surface area contributed by atoms with Crippen molar-refractivity contribution in [3.8, 4) is 0 Å². The Balaban J connectivity index is 2.21. The minimum atomic E-state index is -0.314. The lowest BCUT2D eigenvalue weighted by Gasteiger charge is -2.13. The highest BCUT2D eigenvalue weighted by molar-refractivity contribution is 5.80. The summed E-state index contributed by atoms with van der Waals surface area (Å²) in [6.07, 6.45) is 0.943. The number of rotatable bonds is 4. The van der Waals surface area contributed by atoms with Crippen LogP contribution in [-0.4, -0.2) is 38.2 Å². The first-order valence-electron chi connectivity index (χ1n) is 5.11. The smallest absolute Gasteiger partial charge is 0.307 e. The molecule has 1 rings (SSSR count). The molecule has 0 radical (unpaired) electrons. The van der Waals surface area contributed by atoms with Crippen LogP contribution in [-0.2, 0) is 19.1 Å². The standard InChI is InChI=1S/C10H17NO4/c1-7-8(4-6-15-7)10(13)11-5-3-9(12)14-2/h7-8H,3-6H2,1-2H3,(H,11,13). The van der Waals surface area contributed by atoms with Gasteiger partial charge in [0.2, 0.25) is 5.91 Å². The van der Waals surface area contributed by atoms with Gasteiger partial charge in [-0.2, -0.15) is 0 Å². The summed E-state index contributed by atoms with van der Waals surface area (Å²) in [5, 5.41) is 2.70. The van der Waals surface area contributed by atoms with Crippen LogP contribution in [0.4, 0.5) is 0 Å². The van der Waals surface area contributed by atoms with Gasteiger partial charge in [0.15, 0.2) is 0 Å². The van der Waals surface area contributed by atoms with Crippen molar-refractivity contribution < 1.29 is 19.1 Å². The fourth-order valence-corrected chi connectivity index (χ4v) is 1.60. The number of amides is 1. The lowest BCUT2D eigenvalue weighted by atomic mass is 10.0. The minimum absolute atomic E-state index is 0.0249. The van der Waals surface area contributed by atoms with Crippen LogP contribution in [0.3, 0.4) is 0 Å². The number of nitrogens with one attached hydrogen (secondary N) is 1. The van der Waals surface area contributed by atoms with E-state index < -0.39 is 0 Å². The van der Waals surface area contributed by atoms with Crippen LogP contribution >= 0.6 is 0 Å². The van der Waals surface area contributed by atoms with Gasteiger partial charge in [0.25, 0.3) is 0 Å². The van der Waals surface area contributed by atoms with Gasteiger partial charge >= 0.3 is 5.97 Å². The number of carbonyl (C=O) groups excluding carboxylic acids is 2. The fraction of sp³-hybridized carbons (Fsp3) is 0.800. The third-order valence-corrected chi connectivity index (χ3v) is 2.57. The van der Waals surface area contributed by atoms with Gasteiger partial charge in [0.1, 0.15) is 0 Å². The zero-order valence-electron chi connectivity index (χ0n) is 9.12. The van der Waals surface area contributed by atoms with Crippen LogP contribution < -0.4 is 5.32 Å². The van der Waals surface area contributed by atoms with E-state index in [1.54, 1.807) is 0 Å². The Labute approximate surface area is 89.1 Å². The van der Waals surface area contributed by atoms with Crippen LogP contribution in [0.1, 0.15) is 19.8 Å². The Morgan fingerprint density at radius 3 is 2.80 bits per heavy atom. The van der Waals surface area contributed by atoms with E-state index in [1.165, 1.54) is 7.11 Å². The summed E-state index contributed by atoms with van der Waals surface area (Å²) in [7, 11) is 1.33. The molecule has 0 aromatic carbocycles. The summed E-state index contributed by atoms with van der Waals surface area (Å²) in [5.74, 6) is -0.433. The normalized spacial score (nSPS) is 24.9. The monoisotopic (exact) mass is 215 g/mol. The van der Waals surface area contributed by atoms with Crippen molar-refractivity contribution in [1.29, 1.82) is 0 Å². The molecule has 1 N–H and O–H groups in total. The molecule has 1 saturated heterocycles. The summed E-state index contributed by atoms with van der Waals surface area (Å²) in [6, 6.07) is 0. The average molecular weight is 215 g/mol. The molecule has 86 valence electrons. The van der Waals surface area contributed by atoms with E-state index in [4.69, 9.17) is 4.74 Å². The molecule has 15 heavy (non-hydrogen) atoms. The first-order chi connectivity index (χ1) is 7.15. The van der Waals surface area contributed by atoms with E-state index in [-0.39, 0.29) is 30.3 Å². The first kappa shape index (κ1) is 12.0. The first-order valence-corrected chi connectivity index (χ1v) is 5.11. The van der Waals surface area contributed by atoms with Crippen molar-refractivity contribution in [2.45, 2.75) is 25.9 Å². The highest BCUT2D eigenvalue weighted by Crippen LogP contribution is 2.20. The van der Waals surface area contributed by atoms with Crippen molar-refractivity contribution >= 4 is 11.9 Å². The number of hydrogen-bond donors (Lipinski definition) is 1.